The van der Waals surface area contributed by atoms with Crippen LogP contribution in [-0.4, -0.2) is 25.6 Å². The van der Waals surface area contributed by atoms with Crippen molar-refractivity contribution in [3.63, 3.8) is 0 Å². The second-order valence-corrected chi connectivity index (χ2v) is 4.37. The van der Waals surface area contributed by atoms with Gasteiger partial charge in [0.2, 0.25) is 0 Å². The summed E-state index contributed by atoms with van der Waals surface area (Å²) in [6, 6.07) is 3.72. The molecule has 1 aromatic carbocycles. The third-order valence-corrected chi connectivity index (χ3v) is 2.94. The van der Waals surface area contributed by atoms with Crippen LogP contribution in [0.4, 0.5) is 5.69 Å². The first-order valence-electron chi connectivity index (χ1n) is 6.03. The Kier molecular flexibility index (Phi) is 3.83. The van der Waals surface area contributed by atoms with Gasteiger partial charge in [-0.2, -0.15) is 0 Å². The molecule has 0 saturated carbocycles. The number of nitro groups is 1. The van der Waals surface area contributed by atoms with Crippen molar-refractivity contribution in [2.24, 2.45) is 0 Å². The molecule has 0 fully saturated rings. The van der Waals surface area contributed by atoms with Gasteiger partial charge in [-0.05, 0) is 12.5 Å². The summed E-state index contributed by atoms with van der Waals surface area (Å²) >= 11 is 0. The highest BCUT2D eigenvalue weighted by atomic mass is 16.6. The first-order valence-corrected chi connectivity index (χ1v) is 6.03. The molecule has 0 amide bonds. The van der Waals surface area contributed by atoms with Gasteiger partial charge in [0, 0.05) is 25.1 Å². The van der Waals surface area contributed by atoms with Crippen LogP contribution < -0.4 is 11.1 Å². The molecule has 0 aliphatic heterocycles. The number of aryl methyl sites for hydroxylation is 1. The number of hydrogen-bond donors (Lipinski definition) is 2. The normalized spacial score (nSPS) is 10.7. The van der Waals surface area contributed by atoms with Crippen LogP contribution in [-0.2, 0) is 11.3 Å². The quantitative estimate of drug-likeness (QED) is 0.467. The van der Waals surface area contributed by atoms with E-state index < -0.39 is 22.0 Å². The minimum Gasteiger partial charge on any atom is -0.481 e. The highest BCUT2D eigenvalue weighted by molar-refractivity contribution is 5.77. The lowest BCUT2D eigenvalue weighted by atomic mass is 10.2. The van der Waals surface area contributed by atoms with Crippen molar-refractivity contribution in [1.82, 2.24) is 9.55 Å². The Hall–Kier alpha value is -2.97. The maximum atomic E-state index is 11.8. The molecular weight excluding hydrogens is 282 g/mol. The van der Waals surface area contributed by atoms with Crippen LogP contribution in [0.25, 0.3) is 11.0 Å². The van der Waals surface area contributed by atoms with Gasteiger partial charge in [0.15, 0.2) is 0 Å². The second kappa shape index (κ2) is 5.57. The van der Waals surface area contributed by atoms with Gasteiger partial charge in [-0.25, -0.2) is 0 Å². The minimum atomic E-state index is -1.02. The second-order valence-electron chi connectivity index (χ2n) is 4.37. The number of nitrogens with zero attached hydrogens (tertiary/aromatic N) is 2. The van der Waals surface area contributed by atoms with Crippen molar-refractivity contribution >= 4 is 22.7 Å². The minimum absolute atomic E-state index is 0.00722. The van der Waals surface area contributed by atoms with E-state index in [1.165, 1.54) is 18.2 Å². The predicted molar refractivity (Wildman–Crippen MR) is 72.4 cm³/mol. The summed E-state index contributed by atoms with van der Waals surface area (Å²) in [6.45, 7) is -0.00722. The largest absolute Gasteiger partial charge is 0.481 e. The summed E-state index contributed by atoms with van der Waals surface area (Å²) in [6.07, 6.45) is -0.0356. The number of aromatic amines is 1. The average molecular weight is 293 g/mol. The van der Waals surface area contributed by atoms with Crippen LogP contribution in [0.2, 0.25) is 0 Å². The van der Waals surface area contributed by atoms with Crippen LogP contribution in [0, 0.1) is 10.1 Å². The molecule has 2 aromatic rings. The van der Waals surface area contributed by atoms with Crippen LogP contribution in [0.15, 0.2) is 27.8 Å². The van der Waals surface area contributed by atoms with Crippen LogP contribution in [0.3, 0.4) is 0 Å². The molecule has 110 valence electrons. The fourth-order valence-electron chi connectivity index (χ4n) is 1.98. The molecule has 9 nitrogen and oxygen atoms in total. The number of nitro benzene ring substituents is 1. The van der Waals surface area contributed by atoms with E-state index in [9.17, 15) is 24.5 Å². The number of aromatic nitrogens is 2. The van der Waals surface area contributed by atoms with E-state index in [4.69, 9.17) is 5.11 Å². The summed E-state index contributed by atoms with van der Waals surface area (Å²) in [5.74, 6) is -1.02. The van der Waals surface area contributed by atoms with Gasteiger partial charge < -0.3 is 14.7 Å². The van der Waals surface area contributed by atoms with Crippen LogP contribution in [0.5, 0.6) is 0 Å². The highest BCUT2D eigenvalue weighted by Gasteiger charge is 2.12. The first kappa shape index (κ1) is 14.4. The third kappa shape index (κ3) is 2.96. The van der Waals surface area contributed by atoms with Crippen molar-refractivity contribution in [2.75, 3.05) is 0 Å². The Morgan fingerprint density at radius 3 is 2.71 bits per heavy atom. The van der Waals surface area contributed by atoms with E-state index in [0.717, 1.165) is 4.57 Å². The molecular formula is C12H11N3O6. The van der Waals surface area contributed by atoms with E-state index in [2.05, 4.69) is 4.98 Å². The highest BCUT2D eigenvalue weighted by Crippen LogP contribution is 2.17. The molecule has 0 atom stereocenters. The number of aliphatic carboxylic acids is 1. The number of hydrogen-bond acceptors (Lipinski definition) is 5. The number of H-pyrrole nitrogens is 1. The summed E-state index contributed by atoms with van der Waals surface area (Å²) in [5.41, 5.74) is -1.47. The van der Waals surface area contributed by atoms with Gasteiger partial charge in [-0.3, -0.25) is 24.5 Å². The molecule has 0 saturated heterocycles. The molecule has 0 bridgehead atoms. The molecule has 2 N–H and O–H groups in total. The predicted octanol–water partition coefficient (Wildman–Crippen LogP) is 0.463. The summed E-state index contributed by atoms with van der Waals surface area (Å²) in [5, 5.41) is 19.4. The van der Waals surface area contributed by atoms with Crippen molar-refractivity contribution in [3.8, 4) is 0 Å². The molecule has 0 aliphatic rings. The average Bonchev–Trinajstić information content (AvgIpc) is 2.42. The number of rotatable bonds is 5. The Bertz CT molecular complexity index is 835. The zero-order valence-electron chi connectivity index (χ0n) is 10.7. The Labute approximate surface area is 116 Å². The number of non-ortho nitro benzene ring substituents is 1. The van der Waals surface area contributed by atoms with Gasteiger partial charge in [0.1, 0.15) is 0 Å². The van der Waals surface area contributed by atoms with E-state index in [1.54, 1.807) is 0 Å². The Morgan fingerprint density at radius 1 is 1.38 bits per heavy atom. The van der Waals surface area contributed by atoms with Crippen molar-refractivity contribution < 1.29 is 14.8 Å². The number of benzene rings is 1. The van der Waals surface area contributed by atoms with Crippen molar-refractivity contribution in [2.45, 2.75) is 19.4 Å². The smallest absolute Gasteiger partial charge is 0.316 e. The standard InChI is InChI=1S/C12H11N3O6/c16-10(17)2-1-5-14-9-6-7(15(20)21)3-4-8(9)13-11(18)12(14)19/h3-4,6H,1-2,5H2,(H,13,18)(H,16,17). The summed E-state index contributed by atoms with van der Waals surface area (Å²) in [4.78, 5) is 46.4. The van der Waals surface area contributed by atoms with Gasteiger partial charge >= 0.3 is 17.1 Å². The molecule has 0 aliphatic carbocycles. The van der Waals surface area contributed by atoms with Crippen LogP contribution in [0.1, 0.15) is 12.8 Å². The molecule has 0 spiro atoms. The fraction of sp³-hybridized carbons (Fsp3) is 0.250. The molecule has 0 unspecified atom stereocenters. The number of carboxylic acid groups (broad SMARTS) is 1. The van der Waals surface area contributed by atoms with Gasteiger partial charge in [-0.1, -0.05) is 0 Å². The molecule has 2 rings (SSSR count). The molecule has 21 heavy (non-hydrogen) atoms. The third-order valence-electron chi connectivity index (χ3n) is 2.94. The molecule has 9 heteroatoms. The lowest BCUT2D eigenvalue weighted by Gasteiger charge is -2.08. The number of carbonyl (C=O) groups is 1. The van der Waals surface area contributed by atoms with Gasteiger partial charge in [-0.15, -0.1) is 0 Å². The Balaban J connectivity index is 2.58. The maximum absolute atomic E-state index is 11.8. The SMILES string of the molecule is O=C(O)CCCn1c(=O)c(=O)[nH]c2ccc([N+](=O)[O-])cc21. The molecule has 1 aromatic heterocycles. The Morgan fingerprint density at radius 2 is 2.10 bits per heavy atom. The van der Waals surface area contributed by atoms with E-state index in [0.29, 0.717) is 0 Å². The zero-order chi connectivity index (χ0) is 15.6. The lowest BCUT2D eigenvalue weighted by molar-refractivity contribution is -0.384. The number of carboxylic acids is 1. The number of nitrogens with one attached hydrogen (secondary N) is 1. The van der Waals surface area contributed by atoms with Gasteiger partial charge in [0.25, 0.3) is 5.69 Å². The number of fused-ring (bicyclic) bond motifs is 1. The monoisotopic (exact) mass is 293 g/mol. The van der Waals surface area contributed by atoms with Crippen LogP contribution >= 0.6 is 0 Å². The van der Waals surface area contributed by atoms with E-state index in [-0.39, 0.29) is 36.1 Å². The first-order chi connectivity index (χ1) is 9.90. The fourth-order valence-corrected chi connectivity index (χ4v) is 1.98. The summed E-state index contributed by atoms with van der Waals surface area (Å²) in [7, 11) is 0. The maximum Gasteiger partial charge on any atom is 0.316 e. The lowest BCUT2D eigenvalue weighted by Crippen LogP contribution is -2.36. The molecule has 0 radical (unpaired) electrons. The van der Waals surface area contributed by atoms with Crippen molar-refractivity contribution in [1.29, 1.82) is 0 Å². The van der Waals surface area contributed by atoms with Crippen molar-refractivity contribution in [3.05, 3.63) is 49.0 Å². The summed E-state index contributed by atoms with van der Waals surface area (Å²) < 4.78 is 1.06. The molecule has 1 heterocycles. The topological polar surface area (TPSA) is 135 Å². The van der Waals surface area contributed by atoms with Gasteiger partial charge in [0.05, 0.1) is 16.0 Å². The van der Waals surface area contributed by atoms with E-state index in [1.807, 2.05) is 0 Å². The van der Waals surface area contributed by atoms with E-state index >= 15 is 0 Å². The zero-order valence-corrected chi connectivity index (χ0v) is 10.7.